The molecule has 0 atom stereocenters. The number of rotatable bonds is 1. The van der Waals surface area contributed by atoms with Crippen LogP contribution in [0.2, 0.25) is 0 Å². The fraction of sp³-hybridized carbons (Fsp3) is 1.00. The fourth-order valence-corrected chi connectivity index (χ4v) is 0. The molecule has 0 heterocycles. The van der Waals surface area contributed by atoms with Gasteiger partial charge in [-0.25, -0.2) is 0 Å². The van der Waals surface area contributed by atoms with Crippen LogP contribution in [0.4, 0.5) is 0 Å². The zero-order chi connectivity index (χ0) is 3.41. The van der Waals surface area contributed by atoms with E-state index in [2.05, 4.69) is 30.2 Å². The molecule has 0 fully saturated rings. The summed E-state index contributed by atoms with van der Waals surface area (Å²) in [6, 6.07) is 0. The molecule has 0 unspecified atom stereocenters. The molecule has 0 radical (unpaired) electrons. The van der Waals surface area contributed by atoms with Crippen molar-refractivity contribution in [1.29, 1.82) is 0 Å². The Morgan fingerprint density at radius 3 is 2.00 bits per heavy atom. The quantitative estimate of drug-likeness (QED) is 0.314. The van der Waals surface area contributed by atoms with Gasteiger partial charge in [-0.3, -0.25) is 4.72 Å². The summed E-state index contributed by atoms with van der Waals surface area (Å²) in [5.74, 6) is 0.628. The minimum Gasteiger partial charge on any atom is -0.257 e. The van der Waals surface area contributed by atoms with E-state index in [0.717, 1.165) is 0 Å². The summed E-state index contributed by atoms with van der Waals surface area (Å²) >= 11 is 7.33. The number of hydrogen-bond acceptors (Lipinski definition) is 3. The van der Waals surface area contributed by atoms with Gasteiger partial charge in [0.15, 0.2) is 0 Å². The van der Waals surface area contributed by atoms with E-state index in [0.29, 0.717) is 5.88 Å². The average molecular weight is 95.2 g/mol. The molecule has 4 heavy (non-hydrogen) atoms. The van der Waals surface area contributed by atoms with Crippen LogP contribution in [0.15, 0.2) is 0 Å². The van der Waals surface area contributed by atoms with E-state index in [9.17, 15) is 0 Å². The Morgan fingerprint density at radius 1 is 1.75 bits per heavy atom. The Labute approximate surface area is 36.7 Å². The summed E-state index contributed by atoms with van der Waals surface area (Å²) in [4.78, 5) is 0. The molecule has 1 N–H and O–H groups in total. The molecule has 0 aromatic heterocycles. The van der Waals surface area contributed by atoms with Crippen LogP contribution >= 0.6 is 25.4 Å². The lowest BCUT2D eigenvalue weighted by Crippen LogP contribution is -1.88. The molecule has 0 rings (SSSR count). The van der Waals surface area contributed by atoms with Crippen LogP contribution in [-0.4, -0.2) is 5.88 Å². The smallest absolute Gasteiger partial charge is 0.0483 e. The highest BCUT2D eigenvalue weighted by Crippen LogP contribution is 1.61. The summed E-state index contributed by atoms with van der Waals surface area (Å²) in [6.45, 7) is 0. The van der Waals surface area contributed by atoms with Gasteiger partial charge in [0.2, 0.25) is 0 Å². The molecule has 0 bridgehead atoms. The lowest BCUT2D eigenvalue weighted by Gasteiger charge is -1.74. The van der Waals surface area contributed by atoms with E-state index in [-0.39, 0.29) is 0 Å². The highest BCUT2D eigenvalue weighted by atomic mass is 32.1. The largest absolute Gasteiger partial charge is 0.257 e. The first-order valence-corrected chi connectivity index (χ1v) is 1.97. The van der Waals surface area contributed by atoms with E-state index in [4.69, 9.17) is 0 Å². The first-order chi connectivity index (χ1) is 1.91. The topological polar surface area (TPSA) is 12.0 Å². The monoisotopic (exact) mass is 95.0 g/mol. The van der Waals surface area contributed by atoms with Crippen molar-refractivity contribution >= 4 is 25.4 Å². The molecule has 0 aromatic rings. The van der Waals surface area contributed by atoms with Crippen molar-refractivity contribution < 1.29 is 0 Å². The van der Waals surface area contributed by atoms with Gasteiger partial charge in [0.1, 0.15) is 0 Å². The van der Waals surface area contributed by atoms with Crippen LogP contribution in [0.5, 0.6) is 0 Å². The zero-order valence-corrected chi connectivity index (χ0v) is 3.89. The van der Waals surface area contributed by atoms with E-state index in [1.54, 1.807) is 0 Å². The Morgan fingerprint density at radius 2 is 2.00 bits per heavy atom. The second-order valence-corrected chi connectivity index (χ2v) is 0.949. The van der Waals surface area contributed by atoms with Gasteiger partial charge in [-0.1, -0.05) is 12.8 Å². The van der Waals surface area contributed by atoms with Crippen molar-refractivity contribution in [2.45, 2.75) is 0 Å². The van der Waals surface area contributed by atoms with Crippen molar-refractivity contribution in [2.75, 3.05) is 5.88 Å². The molecule has 0 spiro atoms. The lowest BCUT2D eigenvalue weighted by molar-refractivity contribution is 1.26. The third-order valence-corrected chi connectivity index (χ3v) is 0.636. The first kappa shape index (κ1) is 4.66. The molecular formula is CH5NS2. The maximum atomic E-state index is 3.73. The van der Waals surface area contributed by atoms with E-state index >= 15 is 0 Å². The van der Waals surface area contributed by atoms with Gasteiger partial charge in [0.25, 0.3) is 0 Å². The predicted octanol–water partition coefficient (Wildman–Crippen LogP) is 0.308. The average Bonchev–Trinajstić information content (AvgIpc) is 1.37. The molecule has 0 aliphatic carbocycles. The van der Waals surface area contributed by atoms with Crippen molar-refractivity contribution in [3.63, 3.8) is 0 Å². The zero-order valence-electron chi connectivity index (χ0n) is 2.10. The molecule has 3 heteroatoms. The maximum Gasteiger partial charge on any atom is 0.0483 e. The normalized spacial score (nSPS) is 7.50. The van der Waals surface area contributed by atoms with Crippen LogP contribution < -0.4 is 4.72 Å². The second-order valence-electron chi connectivity index (χ2n) is 0.316. The van der Waals surface area contributed by atoms with Crippen molar-refractivity contribution in [3.05, 3.63) is 0 Å². The van der Waals surface area contributed by atoms with Crippen LogP contribution in [0, 0.1) is 0 Å². The van der Waals surface area contributed by atoms with Crippen molar-refractivity contribution in [1.82, 2.24) is 4.72 Å². The second kappa shape index (κ2) is 3.66. The highest BCUT2D eigenvalue weighted by Gasteiger charge is 1.51. The standard InChI is InChI=1S/CH5NS2/c3-1-2-4/h2-4H,1H2. The Kier molecular flexibility index (Phi) is 4.26. The molecule has 0 aliphatic rings. The minimum atomic E-state index is 0.628. The number of thiol groups is 2. The van der Waals surface area contributed by atoms with Gasteiger partial charge in [-0.15, -0.1) is 0 Å². The van der Waals surface area contributed by atoms with Gasteiger partial charge in [-0.05, 0) is 0 Å². The van der Waals surface area contributed by atoms with Gasteiger partial charge >= 0.3 is 0 Å². The molecule has 0 saturated heterocycles. The van der Waals surface area contributed by atoms with E-state index in [1.165, 1.54) is 0 Å². The summed E-state index contributed by atoms with van der Waals surface area (Å²) in [5.41, 5.74) is 0. The number of hydrogen-bond donors (Lipinski definition) is 3. The van der Waals surface area contributed by atoms with Gasteiger partial charge < -0.3 is 0 Å². The maximum absolute atomic E-state index is 3.73. The third-order valence-electron chi connectivity index (χ3n) is 0.0707. The molecule has 0 aliphatic heterocycles. The van der Waals surface area contributed by atoms with Crippen molar-refractivity contribution in [3.8, 4) is 0 Å². The highest BCUT2D eigenvalue weighted by molar-refractivity contribution is 7.82. The van der Waals surface area contributed by atoms with Gasteiger partial charge in [-0.2, -0.15) is 12.6 Å². The van der Waals surface area contributed by atoms with Crippen LogP contribution in [0.25, 0.3) is 0 Å². The Hall–Kier alpha value is 0.660. The van der Waals surface area contributed by atoms with Crippen LogP contribution in [0.3, 0.4) is 0 Å². The molecule has 0 saturated carbocycles. The summed E-state index contributed by atoms with van der Waals surface area (Å²) < 4.78 is 2.49. The summed E-state index contributed by atoms with van der Waals surface area (Å²) in [5, 5.41) is 0. The molecule has 0 amide bonds. The molecular weight excluding hydrogens is 90.2 g/mol. The minimum absolute atomic E-state index is 0.628. The van der Waals surface area contributed by atoms with Gasteiger partial charge in [0, 0.05) is 5.88 Å². The summed E-state index contributed by atoms with van der Waals surface area (Å²) in [7, 11) is 0. The first-order valence-electron chi connectivity index (χ1n) is 0.893. The lowest BCUT2D eigenvalue weighted by atomic mass is 11.5. The van der Waals surface area contributed by atoms with Gasteiger partial charge in [0.05, 0.1) is 0 Å². The van der Waals surface area contributed by atoms with E-state index in [1.807, 2.05) is 0 Å². The third kappa shape index (κ3) is 2.66. The molecule has 1 nitrogen and oxygen atoms in total. The predicted molar refractivity (Wildman–Crippen MR) is 26.0 cm³/mol. The molecule has 26 valence electrons. The van der Waals surface area contributed by atoms with Crippen LogP contribution in [-0.2, 0) is 0 Å². The number of nitrogens with one attached hydrogen (secondary N) is 1. The fourth-order valence-electron chi connectivity index (χ4n) is 0. The Bertz CT molecular complexity index is 8.00. The SMILES string of the molecule is SCNS. The van der Waals surface area contributed by atoms with Crippen LogP contribution in [0.1, 0.15) is 0 Å². The van der Waals surface area contributed by atoms with Crippen molar-refractivity contribution in [2.24, 2.45) is 0 Å². The van der Waals surface area contributed by atoms with E-state index < -0.39 is 0 Å². The summed E-state index contributed by atoms with van der Waals surface area (Å²) in [6.07, 6.45) is 0. The Balaban J connectivity index is 1.97. The molecule has 0 aromatic carbocycles.